The maximum atomic E-state index is 11.7. The first-order valence-electron chi connectivity index (χ1n) is 6.28. The molecule has 1 fully saturated rings. The molecule has 0 aromatic heterocycles. The Labute approximate surface area is 98.5 Å². The van der Waals surface area contributed by atoms with E-state index in [9.17, 15) is 13.2 Å². The standard InChI is InChI=1S/C12H22O3S/c1-2-16(14,15)10-6-8-11-7-4-3-5-9-12(11)13/h11H,2-10H2,1H3. The SMILES string of the molecule is CCS(=O)(=O)CCCC1CCCCCC1=O. The summed E-state index contributed by atoms with van der Waals surface area (Å²) < 4.78 is 22.6. The zero-order chi connectivity index (χ0) is 12.0. The van der Waals surface area contributed by atoms with Crippen LogP contribution in [0.2, 0.25) is 0 Å². The van der Waals surface area contributed by atoms with Crippen molar-refractivity contribution in [3.63, 3.8) is 0 Å². The van der Waals surface area contributed by atoms with Crippen LogP contribution in [0.15, 0.2) is 0 Å². The van der Waals surface area contributed by atoms with E-state index < -0.39 is 9.84 Å². The van der Waals surface area contributed by atoms with Crippen LogP contribution in [0, 0.1) is 5.92 Å². The van der Waals surface area contributed by atoms with Gasteiger partial charge in [0.2, 0.25) is 0 Å². The minimum absolute atomic E-state index is 0.134. The second-order valence-corrected chi connectivity index (χ2v) is 7.11. The van der Waals surface area contributed by atoms with Gasteiger partial charge < -0.3 is 0 Å². The number of rotatable bonds is 5. The van der Waals surface area contributed by atoms with Crippen LogP contribution in [0.25, 0.3) is 0 Å². The molecule has 0 aromatic carbocycles. The van der Waals surface area contributed by atoms with Gasteiger partial charge in [0.1, 0.15) is 15.6 Å². The summed E-state index contributed by atoms with van der Waals surface area (Å²) >= 11 is 0. The predicted molar refractivity (Wildman–Crippen MR) is 65.1 cm³/mol. The average molecular weight is 246 g/mol. The van der Waals surface area contributed by atoms with Crippen molar-refractivity contribution in [2.24, 2.45) is 5.92 Å². The Hall–Kier alpha value is -0.380. The lowest BCUT2D eigenvalue weighted by molar-refractivity contribution is -0.122. The molecular formula is C12H22O3S. The Morgan fingerprint density at radius 2 is 2.00 bits per heavy atom. The molecule has 0 amide bonds. The van der Waals surface area contributed by atoms with E-state index in [1.165, 1.54) is 0 Å². The molecule has 0 N–H and O–H groups in total. The van der Waals surface area contributed by atoms with E-state index in [4.69, 9.17) is 0 Å². The van der Waals surface area contributed by atoms with Crippen LogP contribution in [0.4, 0.5) is 0 Å². The lowest BCUT2D eigenvalue weighted by atomic mass is 9.94. The molecule has 3 nitrogen and oxygen atoms in total. The highest BCUT2D eigenvalue weighted by molar-refractivity contribution is 7.91. The molecule has 0 bridgehead atoms. The van der Waals surface area contributed by atoms with Gasteiger partial charge in [0.25, 0.3) is 0 Å². The third-order valence-electron chi connectivity index (χ3n) is 3.38. The van der Waals surface area contributed by atoms with Gasteiger partial charge in [0.05, 0.1) is 5.75 Å². The van der Waals surface area contributed by atoms with Gasteiger partial charge in [0, 0.05) is 18.1 Å². The van der Waals surface area contributed by atoms with E-state index in [2.05, 4.69) is 0 Å². The largest absolute Gasteiger partial charge is 0.299 e. The van der Waals surface area contributed by atoms with Crippen LogP contribution < -0.4 is 0 Å². The molecule has 0 aromatic rings. The summed E-state index contributed by atoms with van der Waals surface area (Å²) in [5.74, 6) is 0.944. The normalized spacial score (nSPS) is 23.1. The van der Waals surface area contributed by atoms with Crippen molar-refractivity contribution in [1.82, 2.24) is 0 Å². The molecule has 1 aliphatic rings. The van der Waals surface area contributed by atoms with Crippen LogP contribution in [0.1, 0.15) is 51.9 Å². The van der Waals surface area contributed by atoms with Crippen molar-refractivity contribution < 1.29 is 13.2 Å². The highest BCUT2D eigenvalue weighted by atomic mass is 32.2. The summed E-state index contributed by atoms with van der Waals surface area (Å²) in [4.78, 5) is 11.7. The fourth-order valence-corrected chi connectivity index (χ4v) is 3.13. The molecule has 0 spiro atoms. The minimum Gasteiger partial charge on any atom is -0.299 e. The fourth-order valence-electron chi connectivity index (χ4n) is 2.23. The van der Waals surface area contributed by atoms with Gasteiger partial charge >= 0.3 is 0 Å². The first-order valence-corrected chi connectivity index (χ1v) is 8.10. The maximum Gasteiger partial charge on any atom is 0.150 e. The van der Waals surface area contributed by atoms with Crippen molar-refractivity contribution in [3.05, 3.63) is 0 Å². The topological polar surface area (TPSA) is 51.2 Å². The van der Waals surface area contributed by atoms with E-state index in [0.29, 0.717) is 18.6 Å². The van der Waals surface area contributed by atoms with Gasteiger partial charge in [-0.2, -0.15) is 0 Å². The summed E-state index contributed by atoms with van der Waals surface area (Å²) in [5, 5.41) is 0. The predicted octanol–water partition coefficient (Wildman–Crippen LogP) is 2.35. The minimum atomic E-state index is -2.86. The summed E-state index contributed by atoms with van der Waals surface area (Å²) in [6.07, 6.45) is 6.36. The highest BCUT2D eigenvalue weighted by Crippen LogP contribution is 2.23. The second-order valence-electron chi connectivity index (χ2n) is 4.64. The molecule has 1 rings (SSSR count). The van der Waals surface area contributed by atoms with Crippen LogP contribution in [0.3, 0.4) is 0 Å². The maximum absolute atomic E-state index is 11.7. The number of carbonyl (C=O) groups is 1. The van der Waals surface area contributed by atoms with Crippen molar-refractivity contribution >= 4 is 15.6 Å². The summed E-state index contributed by atoms with van der Waals surface area (Å²) in [5.41, 5.74) is 0. The number of Topliss-reactive ketones (excluding diaryl/α,β-unsaturated/α-hetero) is 1. The smallest absolute Gasteiger partial charge is 0.150 e. The molecular weight excluding hydrogens is 224 g/mol. The molecule has 0 saturated heterocycles. The lowest BCUT2D eigenvalue weighted by Gasteiger charge is -2.12. The van der Waals surface area contributed by atoms with Crippen molar-refractivity contribution in [3.8, 4) is 0 Å². The molecule has 0 radical (unpaired) electrons. The Kier molecular flexibility index (Phi) is 5.46. The summed E-state index contributed by atoms with van der Waals surface area (Å²) in [6.45, 7) is 1.67. The summed E-state index contributed by atoms with van der Waals surface area (Å²) in [7, 11) is -2.86. The van der Waals surface area contributed by atoms with Gasteiger partial charge in [-0.15, -0.1) is 0 Å². The molecule has 94 valence electrons. The Morgan fingerprint density at radius 3 is 2.69 bits per heavy atom. The van der Waals surface area contributed by atoms with E-state index in [1.807, 2.05) is 0 Å². The molecule has 1 unspecified atom stereocenters. The van der Waals surface area contributed by atoms with Gasteiger partial charge in [-0.05, 0) is 25.7 Å². The van der Waals surface area contributed by atoms with Gasteiger partial charge in [-0.25, -0.2) is 8.42 Å². The zero-order valence-corrected chi connectivity index (χ0v) is 10.9. The molecule has 1 atom stereocenters. The van der Waals surface area contributed by atoms with Gasteiger partial charge in [-0.1, -0.05) is 19.8 Å². The number of hydrogen-bond acceptors (Lipinski definition) is 3. The molecule has 16 heavy (non-hydrogen) atoms. The third-order valence-corrected chi connectivity index (χ3v) is 5.17. The van der Waals surface area contributed by atoms with Crippen molar-refractivity contribution in [1.29, 1.82) is 0 Å². The van der Waals surface area contributed by atoms with E-state index >= 15 is 0 Å². The van der Waals surface area contributed by atoms with E-state index in [-0.39, 0.29) is 17.4 Å². The van der Waals surface area contributed by atoms with E-state index in [0.717, 1.165) is 32.1 Å². The molecule has 0 heterocycles. The van der Waals surface area contributed by atoms with Crippen LogP contribution in [-0.2, 0) is 14.6 Å². The Balaban J connectivity index is 2.33. The lowest BCUT2D eigenvalue weighted by Crippen LogP contribution is -2.15. The van der Waals surface area contributed by atoms with E-state index in [1.54, 1.807) is 6.92 Å². The highest BCUT2D eigenvalue weighted by Gasteiger charge is 2.20. The molecule has 1 saturated carbocycles. The van der Waals surface area contributed by atoms with Gasteiger partial charge in [0.15, 0.2) is 0 Å². The number of hydrogen-bond donors (Lipinski definition) is 0. The van der Waals surface area contributed by atoms with Crippen molar-refractivity contribution in [2.45, 2.75) is 51.9 Å². The fraction of sp³-hybridized carbons (Fsp3) is 0.917. The quantitative estimate of drug-likeness (QED) is 0.700. The summed E-state index contributed by atoms with van der Waals surface area (Å²) in [6, 6.07) is 0. The number of carbonyl (C=O) groups excluding carboxylic acids is 1. The molecule has 4 heteroatoms. The third kappa shape index (κ3) is 4.64. The Morgan fingerprint density at radius 1 is 1.25 bits per heavy atom. The second kappa shape index (κ2) is 6.38. The number of ketones is 1. The number of sulfone groups is 1. The average Bonchev–Trinajstić information content (AvgIpc) is 2.44. The van der Waals surface area contributed by atoms with Crippen LogP contribution in [-0.4, -0.2) is 25.7 Å². The van der Waals surface area contributed by atoms with Crippen LogP contribution >= 0.6 is 0 Å². The molecule has 0 aliphatic heterocycles. The monoisotopic (exact) mass is 246 g/mol. The van der Waals surface area contributed by atoms with Crippen LogP contribution in [0.5, 0.6) is 0 Å². The Bertz CT molecular complexity index is 319. The first-order chi connectivity index (χ1) is 7.55. The first kappa shape index (κ1) is 13.7. The van der Waals surface area contributed by atoms with Gasteiger partial charge in [-0.3, -0.25) is 4.79 Å². The molecule has 1 aliphatic carbocycles. The zero-order valence-electron chi connectivity index (χ0n) is 10.1. The van der Waals surface area contributed by atoms with Crippen molar-refractivity contribution in [2.75, 3.05) is 11.5 Å².